The Balaban J connectivity index is 0.00000324. The van der Waals surface area contributed by atoms with Gasteiger partial charge in [0.25, 0.3) is 0 Å². The third-order valence-electron chi connectivity index (χ3n) is 5.87. The van der Waals surface area contributed by atoms with Crippen molar-refractivity contribution >= 4 is 29.9 Å². The summed E-state index contributed by atoms with van der Waals surface area (Å²) in [4.78, 5) is 11.0. The van der Waals surface area contributed by atoms with E-state index in [2.05, 4.69) is 55.8 Å². The van der Waals surface area contributed by atoms with Crippen molar-refractivity contribution in [1.82, 2.24) is 25.1 Å². The van der Waals surface area contributed by atoms with Gasteiger partial charge in [0.2, 0.25) is 0 Å². The minimum absolute atomic E-state index is 0. The van der Waals surface area contributed by atoms with Gasteiger partial charge in [0.05, 0.1) is 26.2 Å². The Bertz CT molecular complexity index is 1050. The fourth-order valence-electron chi connectivity index (χ4n) is 4.19. The Morgan fingerprint density at radius 1 is 1.15 bits per heavy atom. The molecule has 0 amide bonds. The van der Waals surface area contributed by atoms with E-state index in [-0.39, 0.29) is 24.0 Å². The smallest absolute Gasteiger partial charge is 0.191 e. The van der Waals surface area contributed by atoms with Gasteiger partial charge in [-0.25, -0.2) is 4.98 Å². The quantitative estimate of drug-likeness (QED) is 0.243. The molecule has 0 aliphatic carbocycles. The highest BCUT2D eigenvalue weighted by Crippen LogP contribution is 2.24. The molecular formula is C25H33IN6O2. The SMILES string of the molecule is CN=C(NCc1ccccc1-n1ccnc1)NC1CCN(Cc2cc(OC)cc(OC)c2)C1.I. The normalized spacial score (nSPS) is 16.1. The molecule has 1 aliphatic rings. The van der Waals surface area contributed by atoms with Gasteiger partial charge >= 0.3 is 0 Å². The van der Waals surface area contributed by atoms with Crippen LogP contribution < -0.4 is 20.1 Å². The molecule has 1 unspecified atom stereocenters. The third-order valence-corrected chi connectivity index (χ3v) is 5.87. The summed E-state index contributed by atoms with van der Waals surface area (Å²) in [5.74, 6) is 2.45. The van der Waals surface area contributed by atoms with Crippen LogP contribution in [0.15, 0.2) is 66.2 Å². The first kappa shape index (κ1) is 25.8. The first-order chi connectivity index (χ1) is 16.2. The molecule has 0 radical (unpaired) electrons. The van der Waals surface area contributed by atoms with Crippen molar-refractivity contribution in [2.75, 3.05) is 34.4 Å². The predicted octanol–water partition coefficient (Wildman–Crippen LogP) is 3.45. The van der Waals surface area contributed by atoms with Gasteiger partial charge in [-0.1, -0.05) is 18.2 Å². The number of rotatable bonds is 8. The van der Waals surface area contributed by atoms with E-state index in [1.807, 2.05) is 36.3 Å². The lowest BCUT2D eigenvalue weighted by Crippen LogP contribution is -2.44. The first-order valence-electron chi connectivity index (χ1n) is 11.2. The van der Waals surface area contributed by atoms with E-state index in [4.69, 9.17) is 9.47 Å². The lowest BCUT2D eigenvalue weighted by molar-refractivity contribution is 0.321. The number of para-hydroxylation sites is 1. The highest BCUT2D eigenvalue weighted by molar-refractivity contribution is 14.0. The number of imidazole rings is 1. The number of nitrogens with one attached hydrogen (secondary N) is 2. The number of guanidine groups is 1. The molecule has 3 aromatic rings. The van der Waals surface area contributed by atoms with Crippen LogP contribution in [-0.4, -0.2) is 60.8 Å². The number of nitrogens with zero attached hydrogens (tertiary/aromatic N) is 4. The number of halogens is 1. The number of hydrogen-bond acceptors (Lipinski definition) is 5. The van der Waals surface area contributed by atoms with Crippen molar-refractivity contribution in [2.24, 2.45) is 4.99 Å². The number of methoxy groups -OCH3 is 2. The van der Waals surface area contributed by atoms with Gasteiger partial charge in [0.15, 0.2) is 5.96 Å². The van der Waals surface area contributed by atoms with Crippen LogP contribution in [-0.2, 0) is 13.1 Å². The molecule has 2 N–H and O–H groups in total. The van der Waals surface area contributed by atoms with E-state index in [9.17, 15) is 0 Å². The number of benzene rings is 2. The summed E-state index contributed by atoms with van der Waals surface area (Å²) < 4.78 is 12.8. The standard InChI is InChI=1S/C25H32N6O2.HI/c1-26-25(28-15-20-6-4-5-7-24(20)31-11-9-27-18-31)29-21-8-10-30(17-21)16-19-12-22(32-2)14-23(13-19)33-3;/h4-7,9,11-14,18,21H,8,10,15-17H2,1-3H3,(H2,26,28,29);1H. The van der Waals surface area contributed by atoms with Gasteiger partial charge in [-0.2, -0.15) is 0 Å². The molecule has 0 saturated carbocycles. The second-order valence-electron chi connectivity index (χ2n) is 8.11. The van der Waals surface area contributed by atoms with Crippen molar-refractivity contribution in [3.63, 3.8) is 0 Å². The molecule has 1 aromatic heterocycles. The van der Waals surface area contributed by atoms with Crippen LogP contribution in [0.4, 0.5) is 0 Å². The molecule has 2 aromatic carbocycles. The zero-order valence-electron chi connectivity index (χ0n) is 19.9. The molecule has 182 valence electrons. The van der Waals surface area contributed by atoms with E-state index in [1.54, 1.807) is 20.4 Å². The predicted molar refractivity (Wildman–Crippen MR) is 146 cm³/mol. The molecule has 8 nitrogen and oxygen atoms in total. The average molecular weight is 576 g/mol. The summed E-state index contributed by atoms with van der Waals surface area (Å²) in [6.45, 7) is 3.51. The Hall–Kier alpha value is -2.79. The van der Waals surface area contributed by atoms with Crippen molar-refractivity contribution in [3.8, 4) is 17.2 Å². The number of aliphatic imine (C=N–C) groups is 1. The summed E-state index contributed by atoms with van der Waals surface area (Å²) in [5.41, 5.74) is 3.47. The summed E-state index contributed by atoms with van der Waals surface area (Å²) in [6.07, 6.45) is 6.62. The van der Waals surface area contributed by atoms with Crippen LogP contribution in [0.5, 0.6) is 11.5 Å². The van der Waals surface area contributed by atoms with Crippen LogP contribution in [0.25, 0.3) is 5.69 Å². The fraction of sp³-hybridized carbons (Fsp3) is 0.360. The van der Waals surface area contributed by atoms with E-state index in [0.717, 1.165) is 49.2 Å². The maximum absolute atomic E-state index is 5.41. The zero-order chi connectivity index (χ0) is 23.0. The largest absolute Gasteiger partial charge is 0.497 e. The minimum Gasteiger partial charge on any atom is -0.497 e. The van der Waals surface area contributed by atoms with Gasteiger partial charge in [-0.3, -0.25) is 9.89 Å². The summed E-state index contributed by atoms with van der Waals surface area (Å²) in [7, 11) is 5.17. The molecular weight excluding hydrogens is 543 g/mol. The van der Waals surface area contributed by atoms with Crippen molar-refractivity contribution in [2.45, 2.75) is 25.6 Å². The number of ether oxygens (including phenoxy) is 2. The van der Waals surface area contributed by atoms with Gasteiger partial charge < -0.3 is 24.7 Å². The number of likely N-dealkylation sites (tertiary alicyclic amines) is 1. The molecule has 2 heterocycles. The highest BCUT2D eigenvalue weighted by atomic mass is 127. The molecule has 1 aliphatic heterocycles. The van der Waals surface area contributed by atoms with Crippen LogP contribution in [0.2, 0.25) is 0 Å². The second kappa shape index (κ2) is 12.6. The molecule has 1 fully saturated rings. The molecule has 1 saturated heterocycles. The van der Waals surface area contributed by atoms with Gasteiger partial charge in [-0.15, -0.1) is 24.0 Å². The van der Waals surface area contributed by atoms with Gasteiger partial charge in [0, 0.05) is 57.7 Å². The minimum atomic E-state index is 0. The van der Waals surface area contributed by atoms with Crippen LogP contribution >= 0.6 is 24.0 Å². The number of aromatic nitrogens is 2. The van der Waals surface area contributed by atoms with E-state index in [0.29, 0.717) is 12.6 Å². The van der Waals surface area contributed by atoms with Crippen molar-refractivity contribution in [3.05, 3.63) is 72.3 Å². The van der Waals surface area contributed by atoms with Gasteiger partial charge in [-0.05, 0) is 35.7 Å². The Morgan fingerprint density at radius 2 is 1.91 bits per heavy atom. The van der Waals surface area contributed by atoms with Crippen LogP contribution in [0.3, 0.4) is 0 Å². The van der Waals surface area contributed by atoms with Crippen LogP contribution in [0, 0.1) is 0 Å². The third kappa shape index (κ3) is 6.63. The number of hydrogen-bond donors (Lipinski definition) is 2. The van der Waals surface area contributed by atoms with E-state index >= 15 is 0 Å². The molecule has 0 bridgehead atoms. The van der Waals surface area contributed by atoms with Gasteiger partial charge in [0.1, 0.15) is 11.5 Å². The molecule has 0 spiro atoms. The zero-order valence-corrected chi connectivity index (χ0v) is 22.2. The topological polar surface area (TPSA) is 75.9 Å². The fourth-order valence-corrected chi connectivity index (χ4v) is 4.19. The van der Waals surface area contributed by atoms with Crippen molar-refractivity contribution < 1.29 is 9.47 Å². The van der Waals surface area contributed by atoms with Crippen molar-refractivity contribution in [1.29, 1.82) is 0 Å². The van der Waals surface area contributed by atoms with E-state index < -0.39 is 0 Å². The monoisotopic (exact) mass is 576 g/mol. The highest BCUT2D eigenvalue weighted by Gasteiger charge is 2.23. The maximum Gasteiger partial charge on any atom is 0.191 e. The molecule has 1 atom stereocenters. The summed E-state index contributed by atoms with van der Waals surface area (Å²) in [5, 5.41) is 7.04. The molecule has 34 heavy (non-hydrogen) atoms. The second-order valence-corrected chi connectivity index (χ2v) is 8.11. The molecule has 4 rings (SSSR count). The lowest BCUT2D eigenvalue weighted by Gasteiger charge is -2.20. The van der Waals surface area contributed by atoms with Crippen LogP contribution in [0.1, 0.15) is 17.5 Å². The molecule has 9 heteroatoms. The Labute approximate surface area is 218 Å². The average Bonchev–Trinajstić information content (AvgIpc) is 3.54. The maximum atomic E-state index is 5.41. The lowest BCUT2D eigenvalue weighted by atomic mass is 10.1. The Morgan fingerprint density at radius 3 is 2.59 bits per heavy atom. The first-order valence-corrected chi connectivity index (χ1v) is 11.2. The Kier molecular flexibility index (Phi) is 9.58. The summed E-state index contributed by atoms with van der Waals surface area (Å²) in [6, 6.07) is 14.7. The summed E-state index contributed by atoms with van der Waals surface area (Å²) >= 11 is 0. The van der Waals surface area contributed by atoms with E-state index in [1.165, 1.54) is 11.1 Å².